The van der Waals surface area contributed by atoms with Crippen LogP contribution < -0.4 is 0 Å². The van der Waals surface area contributed by atoms with E-state index in [1.54, 1.807) is 11.1 Å². The molecule has 0 aromatic heterocycles. The average Bonchev–Trinajstić information content (AvgIpc) is 2.66. The Labute approximate surface area is 180 Å². The molecule has 4 unspecified atom stereocenters. The van der Waals surface area contributed by atoms with Crippen LogP contribution in [0.3, 0.4) is 0 Å². The van der Waals surface area contributed by atoms with Gasteiger partial charge in [0.15, 0.2) is 0 Å². The van der Waals surface area contributed by atoms with Gasteiger partial charge < -0.3 is 9.47 Å². The van der Waals surface area contributed by atoms with Gasteiger partial charge >= 0.3 is 0 Å². The first-order valence-corrected chi connectivity index (χ1v) is 11.9. The standard InChI is InChI=1S/C23H30Br2O2/c1-23-11-7-6-9-15(23)13-18(25)22(27-3)20(23)19-16-10-5-4-8-14(16)12-17(24)21(19)26-2/h12-13,19-21H,4-11H2,1-3H3. The summed E-state index contributed by atoms with van der Waals surface area (Å²) in [5, 5.41) is 0. The molecule has 0 spiro atoms. The van der Waals surface area contributed by atoms with Crippen molar-refractivity contribution >= 4 is 31.9 Å². The van der Waals surface area contributed by atoms with Crippen molar-refractivity contribution in [2.24, 2.45) is 17.3 Å². The molecule has 27 heavy (non-hydrogen) atoms. The largest absolute Gasteiger partial charge is 0.500 e. The first kappa shape index (κ1) is 20.0. The molecule has 0 radical (unpaired) electrons. The lowest BCUT2D eigenvalue weighted by molar-refractivity contribution is 0.0193. The molecular weight excluding hydrogens is 468 g/mol. The summed E-state index contributed by atoms with van der Waals surface area (Å²) in [6, 6.07) is 0. The van der Waals surface area contributed by atoms with E-state index in [1.165, 1.54) is 61.4 Å². The van der Waals surface area contributed by atoms with Crippen molar-refractivity contribution in [1.82, 2.24) is 0 Å². The fraction of sp³-hybridized carbons (Fsp3) is 0.652. The first-order chi connectivity index (χ1) is 13.0. The summed E-state index contributed by atoms with van der Waals surface area (Å²) < 4.78 is 14.5. The van der Waals surface area contributed by atoms with Crippen molar-refractivity contribution in [1.29, 1.82) is 0 Å². The molecule has 0 aromatic rings. The third-order valence-corrected chi connectivity index (χ3v) is 8.63. The molecule has 2 nitrogen and oxygen atoms in total. The van der Waals surface area contributed by atoms with Crippen LogP contribution in [0.25, 0.3) is 0 Å². The molecule has 0 heterocycles. The molecule has 1 fully saturated rings. The van der Waals surface area contributed by atoms with Crippen LogP contribution in [0.4, 0.5) is 0 Å². The van der Waals surface area contributed by atoms with E-state index in [0.29, 0.717) is 11.8 Å². The molecule has 4 heteroatoms. The molecule has 0 aliphatic heterocycles. The zero-order chi connectivity index (χ0) is 19.2. The Morgan fingerprint density at radius 3 is 2.48 bits per heavy atom. The van der Waals surface area contributed by atoms with E-state index in [4.69, 9.17) is 9.47 Å². The minimum absolute atomic E-state index is 0.0652. The highest BCUT2D eigenvalue weighted by Gasteiger charge is 2.52. The molecule has 0 saturated heterocycles. The Morgan fingerprint density at radius 1 is 1.00 bits per heavy atom. The molecule has 4 atom stereocenters. The lowest BCUT2D eigenvalue weighted by Gasteiger charge is -2.52. The number of hydrogen-bond donors (Lipinski definition) is 0. The molecule has 4 aliphatic carbocycles. The van der Waals surface area contributed by atoms with Crippen molar-refractivity contribution in [3.63, 3.8) is 0 Å². The molecule has 0 amide bonds. The maximum Gasteiger partial charge on any atom is 0.114 e. The molecule has 4 rings (SSSR count). The van der Waals surface area contributed by atoms with Gasteiger partial charge in [-0.2, -0.15) is 0 Å². The lowest BCUT2D eigenvalue weighted by atomic mass is 9.55. The summed E-state index contributed by atoms with van der Waals surface area (Å²) >= 11 is 7.71. The summed E-state index contributed by atoms with van der Waals surface area (Å²) in [7, 11) is 3.69. The Bertz CT molecular complexity index is 745. The number of rotatable bonds is 3. The zero-order valence-corrected chi connectivity index (χ0v) is 19.8. The van der Waals surface area contributed by atoms with Crippen LogP contribution in [-0.4, -0.2) is 20.3 Å². The fourth-order valence-corrected chi connectivity index (χ4v) is 7.46. The van der Waals surface area contributed by atoms with Gasteiger partial charge in [-0.15, -0.1) is 0 Å². The quantitative estimate of drug-likeness (QED) is 0.411. The van der Waals surface area contributed by atoms with Gasteiger partial charge in [0.2, 0.25) is 0 Å². The highest BCUT2D eigenvalue weighted by Crippen LogP contribution is 2.60. The van der Waals surface area contributed by atoms with Gasteiger partial charge in [0, 0.05) is 23.4 Å². The van der Waals surface area contributed by atoms with Crippen LogP contribution in [0.2, 0.25) is 0 Å². The average molecular weight is 498 g/mol. The van der Waals surface area contributed by atoms with Crippen LogP contribution in [0.5, 0.6) is 0 Å². The molecule has 148 valence electrons. The number of ether oxygens (including phenoxy) is 2. The Hall–Kier alpha value is -0.320. The van der Waals surface area contributed by atoms with Crippen LogP contribution in [0.1, 0.15) is 58.3 Å². The minimum atomic E-state index is 0.0652. The van der Waals surface area contributed by atoms with Crippen LogP contribution in [0.15, 0.2) is 43.6 Å². The van der Waals surface area contributed by atoms with E-state index in [9.17, 15) is 0 Å². The predicted octanol–water partition coefficient (Wildman–Crippen LogP) is 7.17. The number of fused-ring (bicyclic) bond motifs is 1. The normalized spacial score (nSPS) is 36.7. The number of methoxy groups -OCH3 is 2. The molecule has 0 aromatic carbocycles. The SMILES string of the molecule is COC1=C(Br)C=C2CCCCC2(C)C1C1C2=C(C=C(Br)C1OC)CCCC2. The van der Waals surface area contributed by atoms with Gasteiger partial charge in [-0.05, 0) is 84.0 Å². The van der Waals surface area contributed by atoms with Gasteiger partial charge in [-0.1, -0.05) is 40.4 Å². The molecule has 0 N–H and O–H groups in total. The van der Waals surface area contributed by atoms with Gasteiger partial charge in [0.25, 0.3) is 0 Å². The summed E-state index contributed by atoms with van der Waals surface area (Å²) in [6.45, 7) is 2.48. The molecule has 4 aliphatic rings. The first-order valence-electron chi connectivity index (χ1n) is 10.3. The highest BCUT2D eigenvalue weighted by atomic mass is 79.9. The van der Waals surface area contributed by atoms with E-state index >= 15 is 0 Å². The molecule has 0 bridgehead atoms. The van der Waals surface area contributed by atoms with Gasteiger partial charge in [0.05, 0.1) is 17.7 Å². The van der Waals surface area contributed by atoms with Crippen LogP contribution >= 0.6 is 31.9 Å². The number of hydrogen-bond acceptors (Lipinski definition) is 2. The lowest BCUT2D eigenvalue weighted by Crippen LogP contribution is -2.46. The van der Waals surface area contributed by atoms with Crippen LogP contribution in [0, 0.1) is 17.3 Å². The van der Waals surface area contributed by atoms with E-state index in [-0.39, 0.29) is 11.5 Å². The van der Waals surface area contributed by atoms with Crippen molar-refractivity contribution in [2.75, 3.05) is 14.2 Å². The maximum absolute atomic E-state index is 6.11. The van der Waals surface area contributed by atoms with E-state index in [1.807, 2.05) is 14.2 Å². The Balaban J connectivity index is 1.88. The monoisotopic (exact) mass is 496 g/mol. The summed E-state index contributed by atoms with van der Waals surface area (Å²) in [4.78, 5) is 0. The van der Waals surface area contributed by atoms with Crippen LogP contribution in [-0.2, 0) is 9.47 Å². The zero-order valence-electron chi connectivity index (χ0n) is 16.6. The predicted molar refractivity (Wildman–Crippen MR) is 118 cm³/mol. The van der Waals surface area contributed by atoms with Gasteiger partial charge in [-0.25, -0.2) is 0 Å². The summed E-state index contributed by atoms with van der Waals surface area (Å²) in [5.74, 6) is 1.75. The second kappa shape index (κ2) is 7.84. The molecular formula is C23H30Br2O2. The Kier molecular flexibility index (Phi) is 5.80. The highest BCUT2D eigenvalue weighted by molar-refractivity contribution is 9.12. The molecule has 1 saturated carbocycles. The van der Waals surface area contributed by atoms with Crippen molar-refractivity contribution < 1.29 is 9.47 Å². The Morgan fingerprint density at radius 2 is 1.74 bits per heavy atom. The summed E-state index contributed by atoms with van der Waals surface area (Å²) in [5.41, 5.74) is 4.88. The van der Waals surface area contributed by atoms with Crippen molar-refractivity contribution in [3.8, 4) is 0 Å². The third kappa shape index (κ3) is 3.24. The number of allylic oxidation sites excluding steroid dienone is 6. The van der Waals surface area contributed by atoms with E-state index in [2.05, 4.69) is 50.9 Å². The van der Waals surface area contributed by atoms with E-state index in [0.717, 1.165) is 10.2 Å². The topological polar surface area (TPSA) is 18.5 Å². The summed E-state index contributed by atoms with van der Waals surface area (Å²) in [6.07, 6.45) is 14.7. The van der Waals surface area contributed by atoms with Gasteiger partial charge in [-0.3, -0.25) is 0 Å². The van der Waals surface area contributed by atoms with E-state index < -0.39 is 0 Å². The second-order valence-electron chi connectivity index (χ2n) is 8.66. The minimum Gasteiger partial charge on any atom is -0.500 e. The van der Waals surface area contributed by atoms with Crippen molar-refractivity contribution in [3.05, 3.63) is 43.6 Å². The van der Waals surface area contributed by atoms with Gasteiger partial charge in [0.1, 0.15) is 5.76 Å². The second-order valence-corrected chi connectivity index (χ2v) is 10.4. The number of halogens is 2. The maximum atomic E-state index is 6.11. The van der Waals surface area contributed by atoms with Crippen molar-refractivity contribution in [2.45, 2.75) is 64.4 Å². The fourth-order valence-electron chi connectivity index (χ4n) is 6.03. The third-order valence-electron chi connectivity index (χ3n) is 7.33. The smallest absolute Gasteiger partial charge is 0.114 e.